The molecule has 0 aromatic heterocycles. The Morgan fingerprint density at radius 1 is 1.29 bits per heavy atom. The van der Waals surface area contributed by atoms with Crippen molar-refractivity contribution in [2.45, 2.75) is 12.8 Å². The third-order valence-electron chi connectivity index (χ3n) is 1.46. The molecule has 82 valence electrons. The summed E-state index contributed by atoms with van der Waals surface area (Å²) in [5, 5.41) is 13.1. The maximum absolute atomic E-state index is 10.9. The normalized spacial score (nSPS) is 9.50. The van der Waals surface area contributed by atoms with E-state index >= 15 is 0 Å². The number of carbonyl (C=O) groups is 2. The number of carboxylic acid groups (broad SMARTS) is 1. The molecule has 0 saturated heterocycles. The van der Waals surface area contributed by atoms with Crippen LogP contribution >= 0.6 is 11.8 Å². The molecule has 3 N–H and O–H groups in total. The second-order valence-corrected chi connectivity index (χ2v) is 3.69. The van der Waals surface area contributed by atoms with E-state index in [2.05, 4.69) is 10.6 Å². The number of carboxylic acids is 1. The number of carbonyl (C=O) groups excluding carboxylic acids is 1. The average molecular weight is 220 g/mol. The Hall–Kier alpha value is -0.910. The van der Waals surface area contributed by atoms with Gasteiger partial charge in [-0.1, -0.05) is 0 Å². The summed E-state index contributed by atoms with van der Waals surface area (Å²) in [6.07, 6.45) is 4.01. The number of hydrogen-bond donors (Lipinski definition) is 3. The molecule has 0 aliphatic carbocycles. The van der Waals surface area contributed by atoms with Crippen LogP contribution in [0.15, 0.2) is 0 Å². The highest BCUT2D eigenvalue weighted by atomic mass is 32.2. The molecule has 0 saturated carbocycles. The lowest BCUT2D eigenvalue weighted by Crippen LogP contribution is -2.38. The zero-order chi connectivity index (χ0) is 10.8. The van der Waals surface area contributed by atoms with Crippen molar-refractivity contribution < 1.29 is 14.7 Å². The van der Waals surface area contributed by atoms with Crippen LogP contribution < -0.4 is 10.6 Å². The molecule has 0 radical (unpaired) electrons. The number of rotatable bonds is 7. The van der Waals surface area contributed by atoms with Crippen LogP contribution in [0, 0.1) is 0 Å². The lowest BCUT2D eigenvalue weighted by atomic mass is 10.3. The van der Waals surface area contributed by atoms with Gasteiger partial charge in [-0.15, -0.1) is 0 Å². The third kappa shape index (κ3) is 9.18. The minimum Gasteiger partial charge on any atom is -0.480 e. The number of aliphatic carboxylic acids is 1. The van der Waals surface area contributed by atoms with Crippen LogP contribution in [-0.4, -0.2) is 42.2 Å². The van der Waals surface area contributed by atoms with Crippen LogP contribution in [0.2, 0.25) is 0 Å². The van der Waals surface area contributed by atoms with Crippen LogP contribution in [0.25, 0.3) is 0 Å². The molecular formula is C8H16N2O3S. The number of thioether (sulfide) groups is 1. The molecule has 0 rings (SSSR count). The van der Waals surface area contributed by atoms with E-state index in [1.807, 2.05) is 6.26 Å². The summed E-state index contributed by atoms with van der Waals surface area (Å²) < 4.78 is 0. The van der Waals surface area contributed by atoms with Gasteiger partial charge in [0.2, 0.25) is 0 Å². The predicted octanol–water partition coefficient (Wildman–Crippen LogP) is 0.513. The van der Waals surface area contributed by atoms with Gasteiger partial charge in [-0.3, -0.25) is 4.79 Å². The Bertz CT molecular complexity index is 187. The van der Waals surface area contributed by atoms with E-state index in [1.165, 1.54) is 0 Å². The Labute approximate surface area is 87.6 Å². The topological polar surface area (TPSA) is 78.4 Å². The second kappa shape index (κ2) is 8.68. The van der Waals surface area contributed by atoms with Crippen molar-refractivity contribution in [3.8, 4) is 0 Å². The van der Waals surface area contributed by atoms with E-state index in [-0.39, 0.29) is 6.54 Å². The summed E-state index contributed by atoms with van der Waals surface area (Å²) >= 11 is 1.77. The van der Waals surface area contributed by atoms with E-state index < -0.39 is 12.0 Å². The van der Waals surface area contributed by atoms with Gasteiger partial charge in [0.05, 0.1) is 0 Å². The molecule has 0 aliphatic heterocycles. The Morgan fingerprint density at radius 3 is 2.57 bits per heavy atom. The lowest BCUT2D eigenvalue weighted by Gasteiger charge is -2.04. The molecule has 6 heteroatoms. The minimum absolute atomic E-state index is 0.337. The number of nitrogens with one attached hydrogen (secondary N) is 2. The molecule has 2 amide bonds. The Kier molecular flexibility index (Phi) is 8.11. The zero-order valence-electron chi connectivity index (χ0n) is 8.21. The first kappa shape index (κ1) is 13.1. The Balaban J connectivity index is 3.22. The SMILES string of the molecule is CSCCCCNC(=O)NCC(=O)O. The molecule has 0 bridgehead atoms. The summed E-state index contributed by atoms with van der Waals surface area (Å²) in [5.41, 5.74) is 0. The fraction of sp³-hybridized carbons (Fsp3) is 0.750. The zero-order valence-corrected chi connectivity index (χ0v) is 9.02. The van der Waals surface area contributed by atoms with Crippen LogP contribution in [0.1, 0.15) is 12.8 Å². The second-order valence-electron chi connectivity index (χ2n) is 2.70. The predicted molar refractivity (Wildman–Crippen MR) is 56.7 cm³/mol. The quantitative estimate of drug-likeness (QED) is 0.546. The Morgan fingerprint density at radius 2 is 2.00 bits per heavy atom. The first-order chi connectivity index (χ1) is 6.66. The van der Waals surface area contributed by atoms with Gasteiger partial charge < -0.3 is 15.7 Å². The summed E-state index contributed by atoms with van der Waals surface area (Å²) in [7, 11) is 0. The molecule has 0 spiro atoms. The molecule has 0 aromatic carbocycles. The highest BCUT2D eigenvalue weighted by molar-refractivity contribution is 7.98. The third-order valence-corrected chi connectivity index (χ3v) is 2.16. The van der Waals surface area contributed by atoms with Crippen molar-refractivity contribution in [2.75, 3.05) is 25.1 Å². The monoisotopic (exact) mass is 220 g/mol. The first-order valence-corrected chi connectivity index (χ1v) is 5.78. The summed E-state index contributed by atoms with van der Waals surface area (Å²) in [4.78, 5) is 21.0. The molecule has 0 unspecified atom stereocenters. The molecule has 0 fully saturated rings. The smallest absolute Gasteiger partial charge is 0.323 e. The van der Waals surface area contributed by atoms with E-state index in [0.29, 0.717) is 6.54 Å². The number of urea groups is 1. The standard InChI is InChI=1S/C8H16N2O3S/c1-14-5-3-2-4-9-8(13)10-6-7(11)12/h2-6H2,1H3,(H,11,12)(H2,9,10,13). The first-order valence-electron chi connectivity index (χ1n) is 4.39. The van der Waals surface area contributed by atoms with Crippen LogP contribution in [0.4, 0.5) is 4.79 Å². The maximum atomic E-state index is 10.9. The van der Waals surface area contributed by atoms with E-state index in [0.717, 1.165) is 18.6 Å². The molecule has 0 heterocycles. The van der Waals surface area contributed by atoms with E-state index in [4.69, 9.17) is 5.11 Å². The molecule has 0 aliphatic rings. The van der Waals surface area contributed by atoms with Crippen LogP contribution in [0.5, 0.6) is 0 Å². The maximum Gasteiger partial charge on any atom is 0.323 e. The van der Waals surface area contributed by atoms with Gasteiger partial charge in [-0.2, -0.15) is 11.8 Å². The van der Waals surface area contributed by atoms with Gasteiger partial charge in [0.1, 0.15) is 6.54 Å². The van der Waals surface area contributed by atoms with Crippen molar-refractivity contribution in [1.82, 2.24) is 10.6 Å². The molecule has 0 atom stereocenters. The van der Waals surface area contributed by atoms with Crippen molar-refractivity contribution in [2.24, 2.45) is 0 Å². The van der Waals surface area contributed by atoms with Gasteiger partial charge in [-0.05, 0) is 24.9 Å². The number of hydrogen-bond acceptors (Lipinski definition) is 3. The average Bonchev–Trinajstić information content (AvgIpc) is 2.14. The molecule has 0 aromatic rings. The van der Waals surface area contributed by atoms with Crippen molar-refractivity contribution in [3.05, 3.63) is 0 Å². The number of amides is 2. The van der Waals surface area contributed by atoms with E-state index in [9.17, 15) is 9.59 Å². The highest BCUT2D eigenvalue weighted by Crippen LogP contribution is 1.97. The van der Waals surface area contributed by atoms with Gasteiger partial charge in [0.15, 0.2) is 0 Å². The van der Waals surface area contributed by atoms with Crippen molar-refractivity contribution in [3.63, 3.8) is 0 Å². The van der Waals surface area contributed by atoms with E-state index in [1.54, 1.807) is 11.8 Å². The van der Waals surface area contributed by atoms with Gasteiger partial charge >= 0.3 is 12.0 Å². The van der Waals surface area contributed by atoms with Crippen molar-refractivity contribution >= 4 is 23.8 Å². The fourth-order valence-corrected chi connectivity index (χ4v) is 1.28. The van der Waals surface area contributed by atoms with Gasteiger partial charge in [0, 0.05) is 6.54 Å². The largest absolute Gasteiger partial charge is 0.480 e. The number of unbranched alkanes of at least 4 members (excludes halogenated alkanes) is 1. The fourth-order valence-electron chi connectivity index (χ4n) is 0.792. The lowest BCUT2D eigenvalue weighted by molar-refractivity contribution is -0.135. The summed E-state index contributed by atoms with van der Waals surface area (Å²) in [6.45, 7) is 0.253. The van der Waals surface area contributed by atoms with Crippen molar-refractivity contribution in [1.29, 1.82) is 0 Å². The molecule has 5 nitrogen and oxygen atoms in total. The summed E-state index contributed by atoms with van der Waals surface area (Å²) in [6, 6.07) is -0.420. The molecular weight excluding hydrogens is 204 g/mol. The van der Waals surface area contributed by atoms with Gasteiger partial charge in [0.25, 0.3) is 0 Å². The summed E-state index contributed by atoms with van der Waals surface area (Å²) in [5.74, 6) is 0.0424. The van der Waals surface area contributed by atoms with Crippen LogP contribution in [-0.2, 0) is 4.79 Å². The molecule has 14 heavy (non-hydrogen) atoms. The van der Waals surface area contributed by atoms with Crippen LogP contribution in [0.3, 0.4) is 0 Å². The highest BCUT2D eigenvalue weighted by Gasteiger charge is 2.01. The van der Waals surface area contributed by atoms with Gasteiger partial charge in [-0.25, -0.2) is 4.79 Å². The minimum atomic E-state index is -1.04.